The zero-order chi connectivity index (χ0) is 29.2. The Morgan fingerprint density at radius 3 is 1.12 bits per heavy atom. The number of carbonyl (C=O) groups excluding carboxylic acids is 1. The average Bonchev–Trinajstić information content (AvgIpc) is 2.93. The number of likely N-dealkylation sites (N-methyl/N-ethyl adjacent to an activating group) is 1. The van der Waals surface area contributed by atoms with Gasteiger partial charge in [0.05, 0.1) is 12.5 Å². The van der Waals surface area contributed by atoms with Gasteiger partial charge in [-0.2, -0.15) is 0 Å². The maximum Gasteiger partial charge on any atom is 0.315 e. The van der Waals surface area contributed by atoms with Crippen LogP contribution in [0.15, 0.2) is 97.1 Å². The summed E-state index contributed by atoms with van der Waals surface area (Å²) in [5, 5.41) is 20.8. The Balaban J connectivity index is 0.000000225. The number of rotatable bonds is 8. The molecule has 4 rings (SSSR count). The number of hydrogen-bond donors (Lipinski definition) is 2. The maximum absolute atomic E-state index is 12.8. The van der Waals surface area contributed by atoms with Crippen LogP contribution >= 0.6 is 46.4 Å². The monoisotopic (exact) mass is 617 g/mol. The smallest absolute Gasteiger partial charge is 0.315 e. The van der Waals surface area contributed by atoms with Crippen LogP contribution in [0.25, 0.3) is 0 Å². The summed E-state index contributed by atoms with van der Waals surface area (Å²) in [6.45, 7) is 0.215. The molecule has 0 saturated heterocycles. The molecule has 0 atom stereocenters. The van der Waals surface area contributed by atoms with Gasteiger partial charge in [0.25, 0.3) is 0 Å². The number of carboxylic acid groups (broad SMARTS) is 1. The van der Waals surface area contributed by atoms with Gasteiger partial charge >= 0.3 is 5.97 Å². The topological polar surface area (TPSA) is 77.8 Å². The zero-order valence-electron chi connectivity index (χ0n) is 21.5. The van der Waals surface area contributed by atoms with Crippen molar-refractivity contribution in [3.8, 4) is 0 Å². The second kappa shape index (κ2) is 15.1. The largest absolute Gasteiger partial charge is 0.481 e. The van der Waals surface area contributed by atoms with Gasteiger partial charge in [-0.05, 0) is 70.8 Å². The van der Waals surface area contributed by atoms with Crippen LogP contribution in [0, 0.1) is 0 Å². The summed E-state index contributed by atoms with van der Waals surface area (Å²) in [5.41, 5.74) is 3.08. The average molecular weight is 619 g/mol. The lowest BCUT2D eigenvalue weighted by Gasteiger charge is -2.24. The first-order chi connectivity index (χ1) is 19.1. The summed E-state index contributed by atoms with van der Waals surface area (Å²) in [6, 6.07) is 28.0. The number of aliphatic carboxylic acids is 1. The van der Waals surface area contributed by atoms with Gasteiger partial charge in [-0.25, -0.2) is 0 Å². The molecule has 4 aromatic carbocycles. The van der Waals surface area contributed by atoms with Gasteiger partial charge in [0.15, 0.2) is 0 Å². The Morgan fingerprint density at radius 1 is 0.600 bits per heavy atom. The summed E-state index contributed by atoms with van der Waals surface area (Å²) in [4.78, 5) is 25.7. The first-order valence-corrected chi connectivity index (χ1v) is 13.7. The number of halogens is 4. The molecule has 0 aliphatic carbocycles. The minimum atomic E-state index is -0.903. The first kappa shape index (κ1) is 31.5. The van der Waals surface area contributed by atoms with E-state index in [-0.39, 0.29) is 19.1 Å². The third kappa shape index (κ3) is 8.72. The quantitative estimate of drug-likeness (QED) is 0.211. The molecule has 0 aliphatic heterocycles. The van der Waals surface area contributed by atoms with Crippen LogP contribution in [0.2, 0.25) is 20.1 Å². The van der Waals surface area contributed by atoms with Gasteiger partial charge < -0.3 is 15.1 Å². The van der Waals surface area contributed by atoms with Crippen molar-refractivity contribution >= 4 is 58.3 Å². The Labute approximate surface area is 253 Å². The fourth-order valence-corrected chi connectivity index (χ4v) is 4.56. The van der Waals surface area contributed by atoms with Crippen molar-refractivity contribution < 1.29 is 19.8 Å². The summed E-state index contributed by atoms with van der Waals surface area (Å²) >= 11 is 23.5. The number of carbonyl (C=O) groups is 2. The van der Waals surface area contributed by atoms with Crippen molar-refractivity contribution in [1.82, 2.24) is 4.90 Å². The molecular formula is C31H27Cl4NO4. The van der Waals surface area contributed by atoms with Crippen molar-refractivity contribution in [1.29, 1.82) is 0 Å². The van der Waals surface area contributed by atoms with E-state index in [1.54, 1.807) is 79.8 Å². The highest BCUT2D eigenvalue weighted by atomic mass is 35.5. The number of carboxylic acids is 1. The standard InChI is InChI=1S/C17H17Cl2NO2.C14H10Cl2O2/c1-20(10-11-21)17(22)16(12-2-6-14(18)7-3-12)13-4-8-15(19)9-5-13;15-11-5-1-9(2-6-11)13(14(17)18)10-3-7-12(16)8-4-10/h2-9,16,21H,10-11H2,1H3;1-8,13H,(H,17,18). The molecule has 0 aromatic heterocycles. The number of aliphatic hydroxyl groups is 1. The van der Waals surface area contributed by atoms with E-state index in [0.29, 0.717) is 31.2 Å². The highest BCUT2D eigenvalue weighted by Gasteiger charge is 2.25. The van der Waals surface area contributed by atoms with Crippen LogP contribution < -0.4 is 0 Å². The fraction of sp³-hybridized carbons (Fsp3) is 0.161. The van der Waals surface area contributed by atoms with E-state index >= 15 is 0 Å². The summed E-state index contributed by atoms with van der Waals surface area (Å²) in [5.74, 6) is -2.15. The minimum absolute atomic E-state index is 0.0732. The van der Waals surface area contributed by atoms with Crippen molar-refractivity contribution in [3.05, 3.63) is 139 Å². The van der Waals surface area contributed by atoms with E-state index in [0.717, 1.165) is 11.1 Å². The molecule has 4 aromatic rings. The predicted octanol–water partition coefficient (Wildman–Crippen LogP) is 7.79. The molecule has 0 unspecified atom stereocenters. The molecule has 0 heterocycles. The van der Waals surface area contributed by atoms with Gasteiger partial charge in [0.2, 0.25) is 5.91 Å². The molecular weight excluding hydrogens is 592 g/mol. The summed E-state index contributed by atoms with van der Waals surface area (Å²) in [6.07, 6.45) is 0. The number of hydrogen-bond acceptors (Lipinski definition) is 3. The molecule has 40 heavy (non-hydrogen) atoms. The van der Waals surface area contributed by atoms with Gasteiger partial charge in [-0.3, -0.25) is 9.59 Å². The highest BCUT2D eigenvalue weighted by molar-refractivity contribution is 6.31. The maximum atomic E-state index is 12.8. The molecule has 0 spiro atoms. The summed E-state index contributed by atoms with van der Waals surface area (Å²) < 4.78 is 0. The van der Waals surface area contributed by atoms with E-state index in [4.69, 9.17) is 51.5 Å². The predicted molar refractivity (Wildman–Crippen MR) is 162 cm³/mol. The SMILES string of the molecule is CN(CCO)C(=O)C(c1ccc(Cl)cc1)c1ccc(Cl)cc1.O=C(O)C(c1ccc(Cl)cc1)c1ccc(Cl)cc1. The van der Waals surface area contributed by atoms with E-state index in [1.165, 1.54) is 4.90 Å². The number of amides is 1. The van der Waals surface area contributed by atoms with E-state index in [2.05, 4.69) is 0 Å². The number of benzene rings is 4. The third-order valence-electron chi connectivity index (χ3n) is 6.12. The molecule has 0 radical (unpaired) electrons. The normalized spacial score (nSPS) is 10.7. The van der Waals surface area contributed by atoms with Gasteiger partial charge in [0, 0.05) is 33.7 Å². The molecule has 0 saturated carbocycles. The lowest BCUT2D eigenvalue weighted by atomic mass is 9.90. The van der Waals surface area contributed by atoms with E-state index in [9.17, 15) is 14.7 Å². The Morgan fingerprint density at radius 2 is 0.875 bits per heavy atom. The van der Waals surface area contributed by atoms with Gasteiger partial charge in [0.1, 0.15) is 5.92 Å². The number of aliphatic hydroxyl groups excluding tert-OH is 1. The Kier molecular flexibility index (Phi) is 11.9. The molecule has 0 aliphatic rings. The lowest BCUT2D eigenvalue weighted by molar-refractivity contribution is -0.137. The summed E-state index contributed by atoms with van der Waals surface area (Å²) in [7, 11) is 1.68. The van der Waals surface area contributed by atoms with Crippen LogP contribution in [-0.4, -0.2) is 47.2 Å². The Hall–Kier alpha value is -3.06. The van der Waals surface area contributed by atoms with Crippen LogP contribution in [0.5, 0.6) is 0 Å². The molecule has 0 bridgehead atoms. The lowest BCUT2D eigenvalue weighted by Crippen LogP contribution is -2.34. The van der Waals surface area contributed by atoms with Crippen molar-refractivity contribution in [2.24, 2.45) is 0 Å². The molecule has 5 nitrogen and oxygen atoms in total. The highest BCUT2D eigenvalue weighted by Crippen LogP contribution is 2.29. The fourth-order valence-electron chi connectivity index (χ4n) is 4.06. The second-order valence-electron chi connectivity index (χ2n) is 8.89. The van der Waals surface area contributed by atoms with Crippen molar-refractivity contribution in [2.75, 3.05) is 20.2 Å². The van der Waals surface area contributed by atoms with Crippen molar-refractivity contribution in [2.45, 2.75) is 11.8 Å². The van der Waals surface area contributed by atoms with Gasteiger partial charge in [-0.1, -0.05) is 94.9 Å². The van der Waals surface area contributed by atoms with Crippen LogP contribution in [0.1, 0.15) is 34.1 Å². The minimum Gasteiger partial charge on any atom is -0.481 e. The molecule has 0 fully saturated rings. The first-order valence-electron chi connectivity index (χ1n) is 12.2. The van der Waals surface area contributed by atoms with Gasteiger partial charge in [-0.15, -0.1) is 0 Å². The molecule has 1 amide bonds. The molecule has 9 heteroatoms. The third-order valence-corrected chi connectivity index (χ3v) is 7.13. The van der Waals surface area contributed by atoms with Crippen molar-refractivity contribution in [3.63, 3.8) is 0 Å². The second-order valence-corrected chi connectivity index (χ2v) is 10.6. The van der Waals surface area contributed by atoms with E-state index < -0.39 is 17.8 Å². The molecule has 2 N–H and O–H groups in total. The zero-order valence-corrected chi connectivity index (χ0v) is 24.5. The van der Waals surface area contributed by atoms with Crippen LogP contribution in [0.4, 0.5) is 0 Å². The number of nitrogens with zero attached hydrogens (tertiary/aromatic N) is 1. The van der Waals surface area contributed by atoms with E-state index in [1.807, 2.05) is 24.3 Å². The van der Waals surface area contributed by atoms with Crippen LogP contribution in [-0.2, 0) is 9.59 Å². The Bertz CT molecular complexity index is 1300. The molecule has 208 valence electrons. The van der Waals surface area contributed by atoms with Crippen LogP contribution in [0.3, 0.4) is 0 Å².